The Morgan fingerprint density at radius 1 is 0.853 bits per heavy atom. The SMILES string of the molecule is COC(=O)c1ccc(C(=O)OC)c(NC(=O)/C(=C/c2cccc([N+](=O)[O-])c2)c2ccccc2)c1. The molecule has 0 aliphatic heterocycles. The quantitative estimate of drug-likeness (QED) is 0.183. The van der Waals surface area contributed by atoms with Crippen LogP contribution in [0.2, 0.25) is 0 Å². The second kappa shape index (κ2) is 10.7. The van der Waals surface area contributed by atoms with Crippen molar-refractivity contribution in [1.82, 2.24) is 0 Å². The molecule has 0 spiro atoms. The van der Waals surface area contributed by atoms with Crippen LogP contribution in [0.1, 0.15) is 31.8 Å². The second-order valence-electron chi connectivity index (χ2n) is 6.97. The number of ether oxygens (including phenoxy) is 2. The molecule has 0 aliphatic carbocycles. The van der Waals surface area contributed by atoms with Crippen LogP contribution in [-0.4, -0.2) is 37.0 Å². The number of amides is 1. The Morgan fingerprint density at radius 3 is 2.21 bits per heavy atom. The Bertz CT molecular complexity index is 1280. The Labute approximate surface area is 194 Å². The lowest BCUT2D eigenvalue weighted by Gasteiger charge is -2.13. The number of carbonyl (C=O) groups is 3. The van der Waals surface area contributed by atoms with Gasteiger partial charge in [-0.2, -0.15) is 0 Å². The van der Waals surface area contributed by atoms with Gasteiger partial charge in [0.2, 0.25) is 0 Å². The molecule has 34 heavy (non-hydrogen) atoms. The minimum Gasteiger partial charge on any atom is -0.465 e. The molecule has 1 N–H and O–H groups in total. The molecule has 3 rings (SSSR count). The normalized spacial score (nSPS) is 10.8. The zero-order valence-electron chi connectivity index (χ0n) is 18.3. The number of anilines is 1. The van der Waals surface area contributed by atoms with E-state index in [0.29, 0.717) is 11.1 Å². The van der Waals surface area contributed by atoms with Crippen LogP contribution in [0.25, 0.3) is 11.6 Å². The number of rotatable bonds is 7. The van der Waals surface area contributed by atoms with Crippen molar-refractivity contribution in [3.8, 4) is 0 Å². The summed E-state index contributed by atoms with van der Waals surface area (Å²) in [4.78, 5) is 48.2. The zero-order valence-corrected chi connectivity index (χ0v) is 18.3. The summed E-state index contributed by atoms with van der Waals surface area (Å²) in [6, 6.07) is 18.5. The molecule has 9 heteroatoms. The standard InChI is InChI=1S/C25H20N2O7/c1-33-24(29)18-11-12-20(25(30)34-2)22(15-18)26-23(28)21(17-8-4-3-5-9-17)14-16-7-6-10-19(13-16)27(31)32/h3-15H,1-2H3,(H,26,28)/b21-14+. The van der Waals surface area contributed by atoms with E-state index >= 15 is 0 Å². The van der Waals surface area contributed by atoms with E-state index in [2.05, 4.69) is 5.32 Å². The number of nitro groups is 1. The highest BCUT2D eigenvalue weighted by Crippen LogP contribution is 2.25. The van der Waals surface area contributed by atoms with Gasteiger partial charge in [0.15, 0.2) is 0 Å². The van der Waals surface area contributed by atoms with Gasteiger partial charge in [-0.25, -0.2) is 9.59 Å². The second-order valence-corrected chi connectivity index (χ2v) is 6.97. The molecule has 0 aromatic heterocycles. The van der Waals surface area contributed by atoms with Crippen LogP contribution >= 0.6 is 0 Å². The minimum atomic E-state index is -0.712. The molecule has 0 aliphatic rings. The Hall–Kier alpha value is -4.79. The van der Waals surface area contributed by atoms with Crippen molar-refractivity contribution >= 4 is 40.9 Å². The molecule has 1 amide bonds. The van der Waals surface area contributed by atoms with Crippen LogP contribution in [0.4, 0.5) is 11.4 Å². The van der Waals surface area contributed by atoms with E-state index < -0.39 is 22.8 Å². The number of carbonyl (C=O) groups excluding carboxylic acids is 3. The van der Waals surface area contributed by atoms with E-state index in [1.165, 1.54) is 56.7 Å². The molecule has 172 valence electrons. The van der Waals surface area contributed by atoms with Crippen molar-refractivity contribution in [3.63, 3.8) is 0 Å². The van der Waals surface area contributed by atoms with Gasteiger partial charge >= 0.3 is 11.9 Å². The highest BCUT2D eigenvalue weighted by molar-refractivity contribution is 6.29. The highest BCUT2D eigenvalue weighted by atomic mass is 16.6. The molecular weight excluding hydrogens is 440 g/mol. The van der Waals surface area contributed by atoms with Crippen molar-refractivity contribution in [1.29, 1.82) is 0 Å². The highest BCUT2D eigenvalue weighted by Gasteiger charge is 2.20. The van der Waals surface area contributed by atoms with Crippen molar-refractivity contribution in [3.05, 3.63) is 105 Å². The number of hydrogen-bond donors (Lipinski definition) is 1. The van der Waals surface area contributed by atoms with E-state index in [0.717, 1.165) is 0 Å². The Morgan fingerprint density at radius 2 is 1.56 bits per heavy atom. The summed E-state index contributed by atoms with van der Waals surface area (Å²) in [6.45, 7) is 0. The molecule has 0 bridgehead atoms. The molecule has 0 heterocycles. The number of hydrogen-bond acceptors (Lipinski definition) is 7. The van der Waals surface area contributed by atoms with Crippen LogP contribution in [0, 0.1) is 10.1 Å². The summed E-state index contributed by atoms with van der Waals surface area (Å²) in [5.41, 5.74) is 1.22. The molecule has 3 aromatic rings. The predicted octanol–water partition coefficient (Wildman–Crippen LogP) is 4.35. The topological polar surface area (TPSA) is 125 Å². The fraction of sp³-hybridized carbons (Fsp3) is 0.0800. The Kier molecular flexibility index (Phi) is 7.50. The van der Waals surface area contributed by atoms with Gasteiger partial charge in [-0.05, 0) is 35.4 Å². The van der Waals surface area contributed by atoms with Crippen LogP contribution in [0.5, 0.6) is 0 Å². The first-order valence-electron chi connectivity index (χ1n) is 9.97. The third-order valence-electron chi connectivity index (χ3n) is 4.82. The summed E-state index contributed by atoms with van der Waals surface area (Å²) in [6.07, 6.45) is 1.50. The molecule has 0 saturated heterocycles. The van der Waals surface area contributed by atoms with E-state index in [9.17, 15) is 24.5 Å². The summed E-state index contributed by atoms with van der Waals surface area (Å²) >= 11 is 0. The molecule has 0 unspecified atom stereocenters. The first kappa shape index (κ1) is 23.9. The molecule has 0 fully saturated rings. The van der Waals surface area contributed by atoms with Gasteiger partial charge in [-0.1, -0.05) is 42.5 Å². The van der Waals surface area contributed by atoms with Crippen LogP contribution in [-0.2, 0) is 14.3 Å². The third-order valence-corrected chi connectivity index (χ3v) is 4.82. The van der Waals surface area contributed by atoms with Crippen LogP contribution in [0.3, 0.4) is 0 Å². The van der Waals surface area contributed by atoms with Gasteiger partial charge < -0.3 is 14.8 Å². The summed E-state index contributed by atoms with van der Waals surface area (Å²) in [5, 5.41) is 13.8. The summed E-state index contributed by atoms with van der Waals surface area (Å²) in [5.74, 6) is -1.97. The predicted molar refractivity (Wildman–Crippen MR) is 125 cm³/mol. The monoisotopic (exact) mass is 460 g/mol. The van der Waals surface area contributed by atoms with Crippen LogP contribution < -0.4 is 5.32 Å². The zero-order chi connectivity index (χ0) is 24.7. The fourth-order valence-electron chi connectivity index (χ4n) is 3.16. The van der Waals surface area contributed by atoms with Crippen molar-refractivity contribution in [2.75, 3.05) is 19.5 Å². The van der Waals surface area contributed by atoms with Gasteiger partial charge in [-0.3, -0.25) is 14.9 Å². The maximum Gasteiger partial charge on any atom is 0.339 e. The lowest BCUT2D eigenvalue weighted by atomic mass is 10.0. The molecule has 3 aromatic carbocycles. The number of methoxy groups -OCH3 is 2. The van der Waals surface area contributed by atoms with Gasteiger partial charge in [-0.15, -0.1) is 0 Å². The molecule has 0 atom stereocenters. The van der Waals surface area contributed by atoms with Crippen LogP contribution in [0.15, 0.2) is 72.8 Å². The smallest absolute Gasteiger partial charge is 0.339 e. The first-order chi connectivity index (χ1) is 16.3. The van der Waals surface area contributed by atoms with Gasteiger partial charge in [0, 0.05) is 17.7 Å². The number of nitrogens with one attached hydrogen (secondary N) is 1. The van der Waals surface area contributed by atoms with Crippen molar-refractivity contribution in [2.45, 2.75) is 0 Å². The lowest BCUT2D eigenvalue weighted by molar-refractivity contribution is -0.384. The molecule has 0 saturated carbocycles. The fourth-order valence-corrected chi connectivity index (χ4v) is 3.16. The van der Waals surface area contributed by atoms with E-state index in [1.807, 2.05) is 0 Å². The van der Waals surface area contributed by atoms with E-state index in [-0.39, 0.29) is 28.1 Å². The average Bonchev–Trinajstić information content (AvgIpc) is 2.86. The number of benzene rings is 3. The molecular formula is C25H20N2O7. The van der Waals surface area contributed by atoms with Gasteiger partial charge in [0.1, 0.15) is 0 Å². The number of nitro benzene ring substituents is 1. The lowest BCUT2D eigenvalue weighted by Crippen LogP contribution is -2.17. The molecule has 0 radical (unpaired) electrons. The van der Waals surface area contributed by atoms with Crippen molar-refractivity contribution in [2.24, 2.45) is 0 Å². The minimum absolute atomic E-state index is 0.0336. The first-order valence-corrected chi connectivity index (χ1v) is 9.97. The van der Waals surface area contributed by atoms with E-state index in [4.69, 9.17) is 9.47 Å². The van der Waals surface area contributed by atoms with E-state index in [1.54, 1.807) is 36.4 Å². The van der Waals surface area contributed by atoms with Gasteiger partial charge in [0.05, 0.1) is 36.0 Å². The average molecular weight is 460 g/mol. The largest absolute Gasteiger partial charge is 0.465 e. The maximum atomic E-state index is 13.4. The summed E-state index contributed by atoms with van der Waals surface area (Å²) in [7, 11) is 2.41. The summed E-state index contributed by atoms with van der Waals surface area (Å²) < 4.78 is 9.49. The van der Waals surface area contributed by atoms with Crippen molar-refractivity contribution < 1.29 is 28.8 Å². The Balaban J connectivity index is 2.08. The third kappa shape index (κ3) is 5.52. The number of non-ortho nitro benzene ring substituents is 1. The number of esters is 2. The molecule has 9 nitrogen and oxygen atoms in total. The van der Waals surface area contributed by atoms with Gasteiger partial charge in [0.25, 0.3) is 11.6 Å². The maximum absolute atomic E-state index is 13.4. The number of nitrogens with zero attached hydrogens (tertiary/aromatic N) is 1.